The Hall–Kier alpha value is -2.66. The number of aromatic nitrogens is 3. The summed E-state index contributed by atoms with van der Waals surface area (Å²) >= 11 is -1.64. The molecule has 0 aliphatic rings. The molecule has 0 aliphatic carbocycles. The van der Waals surface area contributed by atoms with Gasteiger partial charge in [-0.15, -0.1) is 0 Å². The van der Waals surface area contributed by atoms with Crippen LogP contribution in [0.3, 0.4) is 0 Å². The van der Waals surface area contributed by atoms with E-state index in [9.17, 15) is 17.7 Å². The number of pyridine rings is 1. The zero-order chi connectivity index (χ0) is 20.3. The SMILES string of the molecule is COc1ccc2nc([S+]([O-])Cc3nccc(OCC(F)(F)F)c3OC)[nH]c2c1. The lowest BCUT2D eigenvalue weighted by atomic mass is 10.3. The summed E-state index contributed by atoms with van der Waals surface area (Å²) in [5.41, 5.74) is 1.44. The molecule has 0 saturated carbocycles. The third kappa shape index (κ3) is 4.60. The van der Waals surface area contributed by atoms with E-state index >= 15 is 0 Å². The number of imidazole rings is 1. The summed E-state index contributed by atoms with van der Waals surface area (Å²) in [6, 6.07) is 6.41. The predicted octanol–water partition coefficient (Wildman–Crippen LogP) is 3.22. The van der Waals surface area contributed by atoms with Gasteiger partial charge in [-0.2, -0.15) is 18.2 Å². The van der Waals surface area contributed by atoms with Gasteiger partial charge in [-0.3, -0.25) is 9.97 Å². The number of alkyl halides is 3. The van der Waals surface area contributed by atoms with Crippen LogP contribution in [0, 0.1) is 0 Å². The van der Waals surface area contributed by atoms with Crippen molar-refractivity contribution in [3.05, 3.63) is 36.2 Å². The van der Waals surface area contributed by atoms with Crippen LogP contribution in [0.2, 0.25) is 0 Å². The van der Waals surface area contributed by atoms with Crippen LogP contribution in [0.15, 0.2) is 35.6 Å². The van der Waals surface area contributed by atoms with Gasteiger partial charge in [0.1, 0.15) is 11.4 Å². The first-order valence-corrected chi connectivity index (χ1v) is 9.26. The number of hydrogen-bond donors (Lipinski definition) is 1. The molecule has 0 fully saturated rings. The van der Waals surface area contributed by atoms with Gasteiger partial charge in [0.2, 0.25) is 0 Å². The summed E-state index contributed by atoms with van der Waals surface area (Å²) < 4.78 is 65.0. The van der Waals surface area contributed by atoms with Gasteiger partial charge in [-0.25, -0.2) is 0 Å². The van der Waals surface area contributed by atoms with Crippen LogP contribution in [0.5, 0.6) is 17.2 Å². The predicted molar refractivity (Wildman–Crippen MR) is 95.1 cm³/mol. The van der Waals surface area contributed by atoms with Gasteiger partial charge in [-0.1, -0.05) is 0 Å². The molecule has 0 radical (unpaired) electrons. The molecular weight excluding hydrogens is 399 g/mol. The van der Waals surface area contributed by atoms with Gasteiger partial charge < -0.3 is 18.8 Å². The highest BCUT2D eigenvalue weighted by Crippen LogP contribution is 2.33. The van der Waals surface area contributed by atoms with E-state index in [0.29, 0.717) is 16.8 Å². The van der Waals surface area contributed by atoms with Crippen molar-refractivity contribution in [3.63, 3.8) is 0 Å². The number of benzene rings is 1. The molecule has 0 saturated heterocycles. The number of aromatic amines is 1. The number of nitrogens with zero attached hydrogens (tertiary/aromatic N) is 2. The van der Waals surface area contributed by atoms with Crippen LogP contribution >= 0.6 is 0 Å². The largest absolute Gasteiger partial charge is 0.609 e. The smallest absolute Gasteiger partial charge is 0.422 e. The Labute approximate surface area is 161 Å². The standard InChI is InChI=1S/C17H16F3N3O4S/c1-25-10-3-4-11-12(7-10)23-16(22-11)28(24)8-13-15(26-2)14(5-6-21-13)27-9-17(18,19)20/h3-7H,8-9H2,1-2H3,(H,22,23). The van der Waals surface area contributed by atoms with E-state index in [1.165, 1.54) is 26.5 Å². The van der Waals surface area contributed by atoms with Crippen molar-refractivity contribution in [1.29, 1.82) is 0 Å². The second-order valence-corrected chi connectivity index (χ2v) is 6.97. The van der Waals surface area contributed by atoms with Gasteiger partial charge in [0.25, 0.3) is 0 Å². The molecule has 3 aromatic rings. The molecule has 0 bridgehead atoms. The molecule has 28 heavy (non-hydrogen) atoms. The molecule has 1 unspecified atom stereocenters. The number of methoxy groups -OCH3 is 2. The third-order valence-electron chi connectivity index (χ3n) is 3.69. The van der Waals surface area contributed by atoms with Crippen molar-refractivity contribution < 1.29 is 31.9 Å². The minimum Gasteiger partial charge on any atom is -0.609 e. The van der Waals surface area contributed by atoms with E-state index in [2.05, 4.69) is 15.0 Å². The van der Waals surface area contributed by atoms with Crippen LogP contribution in [0.1, 0.15) is 5.69 Å². The maximum absolute atomic E-state index is 12.7. The molecule has 2 aromatic heterocycles. The normalized spacial score (nSPS) is 12.8. The lowest BCUT2D eigenvalue weighted by Crippen LogP contribution is -2.20. The third-order valence-corrected chi connectivity index (χ3v) is 4.85. The Balaban J connectivity index is 1.82. The van der Waals surface area contributed by atoms with E-state index in [1.54, 1.807) is 18.2 Å². The highest BCUT2D eigenvalue weighted by atomic mass is 32.2. The number of halogens is 3. The second-order valence-electron chi connectivity index (χ2n) is 5.61. The molecule has 1 N–H and O–H groups in total. The second kappa shape index (κ2) is 8.15. The van der Waals surface area contributed by atoms with Crippen molar-refractivity contribution >= 4 is 22.2 Å². The summed E-state index contributed by atoms with van der Waals surface area (Å²) in [6.45, 7) is -1.47. The highest BCUT2D eigenvalue weighted by molar-refractivity contribution is 7.90. The molecule has 2 heterocycles. The number of nitrogens with one attached hydrogen (secondary N) is 1. The van der Waals surface area contributed by atoms with Crippen molar-refractivity contribution in [2.75, 3.05) is 20.8 Å². The molecule has 0 aliphatic heterocycles. The number of hydrogen-bond acceptors (Lipinski definition) is 6. The minimum absolute atomic E-state index is 0.00196. The van der Waals surface area contributed by atoms with Crippen molar-refractivity contribution in [2.45, 2.75) is 17.1 Å². The Morgan fingerprint density at radius 3 is 2.64 bits per heavy atom. The highest BCUT2D eigenvalue weighted by Gasteiger charge is 2.30. The molecule has 7 nitrogen and oxygen atoms in total. The Morgan fingerprint density at radius 1 is 1.18 bits per heavy atom. The van der Waals surface area contributed by atoms with Crippen molar-refractivity contribution in [2.24, 2.45) is 0 Å². The lowest BCUT2D eigenvalue weighted by Gasteiger charge is -2.15. The zero-order valence-corrected chi connectivity index (χ0v) is 15.7. The summed E-state index contributed by atoms with van der Waals surface area (Å²) in [6.07, 6.45) is -3.23. The molecule has 1 aromatic carbocycles. The van der Waals surface area contributed by atoms with Crippen LogP contribution in [0.4, 0.5) is 13.2 Å². The van der Waals surface area contributed by atoms with E-state index in [-0.39, 0.29) is 28.1 Å². The van der Waals surface area contributed by atoms with Gasteiger partial charge in [0.05, 0.1) is 25.3 Å². The summed E-state index contributed by atoms with van der Waals surface area (Å²) in [7, 11) is 2.81. The molecule has 11 heteroatoms. The first-order chi connectivity index (χ1) is 13.3. The number of rotatable bonds is 7. The Morgan fingerprint density at radius 2 is 1.96 bits per heavy atom. The van der Waals surface area contributed by atoms with E-state index in [4.69, 9.17) is 14.2 Å². The Kier molecular flexibility index (Phi) is 5.84. The first-order valence-electron chi connectivity index (χ1n) is 7.94. The lowest BCUT2D eigenvalue weighted by molar-refractivity contribution is -0.153. The maximum atomic E-state index is 12.7. The molecule has 0 amide bonds. The topological polar surface area (TPSA) is 92.3 Å². The first kappa shape index (κ1) is 20.1. The van der Waals surface area contributed by atoms with Crippen LogP contribution in [-0.2, 0) is 16.9 Å². The minimum atomic E-state index is -4.49. The monoisotopic (exact) mass is 415 g/mol. The van der Waals surface area contributed by atoms with Gasteiger partial charge in [0.15, 0.2) is 23.9 Å². The van der Waals surface area contributed by atoms with Crippen molar-refractivity contribution in [3.8, 4) is 17.2 Å². The van der Waals surface area contributed by atoms with Gasteiger partial charge >= 0.3 is 11.3 Å². The average Bonchev–Trinajstić information content (AvgIpc) is 3.09. The molecule has 150 valence electrons. The number of ether oxygens (including phenoxy) is 3. The molecule has 0 spiro atoms. The fourth-order valence-corrected chi connectivity index (χ4v) is 3.47. The van der Waals surface area contributed by atoms with Gasteiger partial charge in [-0.05, 0) is 12.1 Å². The summed E-state index contributed by atoms with van der Waals surface area (Å²) in [5.74, 6) is 0.365. The fraction of sp³-hybridized carbons (Fsp3) is 0.294. The summed E-state index contributed by atoms with van der Waals surface area (Å²) in [4.78, 5) is 11.3. The Bertz CT molecular complexity index is 964. The van der Waals surface area contributed by atoms with Crippen LogP contribution in [0.25, 0.3) is 11.0 Å². The van der Waals surface area contributed by atoms with E-state index in [1.807, 2.05) is 0 Å². The molecular formula is C17H16F3N3O4S. The fourth-order valence-electron chi connectivity index (χ4n) is 2.46. The summed E-state index contributed by atoms with van der Waals surface area (Å²) in [5, 5.41) is 0.203. The van der Waals surface area contributed by atoms with Gasteiger partial charge in [0, 0.05) is 29.5 Å². The molecule has 1 atom stereocenters. The van der Waals surface area contributed by atoms with Crippen LogP contribution < -0.4 is 14.2 Å². The average molecular weight is 415 g/mol. The van der Waals surface area contributed by atoms with E-state index in [0.717, 1.165) is 0 Å². The maximum Gasteiger partial charge on any atom is 0.422 e. The zero-order valence-electron chi connectivity index (χ0n) is 14.9. The van der Waals surface area contributed by atoms with Crippen molar-refractivity contribution in [1.82, 2.24) is 15.0 Å². The number of fused-ring (bicyclic) bond motifs is 1. The van der Waals surface area contributed by atoms with Crippen LogP contribution in [-0.4, -0.2) is 46.5 Å². The molecule has 3 rings (SSSR count). The van der Waals surface area contributed by atoms with E-state index < -0.39 is 24.0 Å². The quantitative estimate of drug-likeness (QED) is 0.596. The number of H-pyrrole nitrogens is 1.